The minimum atomic E-state index is -0.892. The first-order valence-electron chi connectivity index (χ1n) is 12.1. The summed E-state index contributed by atoms with van der Waals surface area (Å²) >= 11 is 0. The fourth-order valence-corrected chi connectivity index (χ4v) is 3.18. The van der Waals surface area contributed by atoms with Crippen LogP contribution < -0.4 is 33.6 Å². The van der Waals surface area contributed by atoms with Gasteiger partial charge in [-0.1, -0.05) is 0 Å². The van der Waals surface area contributed by atoms with Crippen molar-refractivity contribution in [3.63, 3.8) is 0 Å². The molecular weight excluding hydrogens is 420 g/mol. The maximum atomic E-state index is 12.3. The normalized spacial score (nSPS) is 16.1. The lowest BCUT2D eigenvalue weighted by atomic mass is 9.95. The van der Waals surface area contributed by atoms with Crippen LogP contribution in [-0.4, -0.2) is 60.7 Å². The fourth-order valence-electron chi connectivity index (χ4n) is 3.18. The third kappa shape index (κ3) is 16.1. The van der Waals surface area contributed by atoms with Crippen molar-refractivity contribution in [3.8, 4) is 0 Å². The van der Waals surface area contributed by atoms with E-state index in [1.807, 2.05) is 0 Å². The molecule has 0 fully saturated rings. The van der Waals surface area contributed by atoms with Gasteiger partial charge in [0.25, 0.3) is 0 Å². The van der Waals surface area contributed by atoms with Gasteiger partial charge in [0.2, 0.25) is 11.8 Å². The molecule has 10 nitrogen and oxygen atoms in total. The Morgan fingerprint density at radius 2 is 1.03 bits per heavy atom. The van der Waals surface area contributed by atoms with Gasteiger partial charge in [-0.15, -0.1) is 0 Å². The topological polar surface area (TPSA) is 187 Å². The van der Waals surface area contributed by atoms with Crippen molar-refractivity contribution in [2.24, 2.45) is 32.9 Å². The second kappa shape index (κ2) is 16.4. The Labute approximate surface area is 199 Å². The van der Waals surface area contributed by atoms with E-state index < -0.39 is 11.1 Å². The van der Waals surface area contributed by atoms with Crippen LogP contribution in [0.4, 0.5) is 0 Å². The van der Waals surface area contributed by atoms with Gasteiger partial charge < -0.3 is 33.6 Å². The van der Waals surface area contributed by atoms with Crippen LogP contribution in [0.3, 0.4) is 0 Å². The SMILES string of the molecule is CC(N)=NCCCCC(C)(N)C(=O)NCCCCCNC(=O)C(C)(N)CCCCN=C(C)N. The summed E-state index contributed by atoms with van der Waals surface area (Å²) in [7, 11) is 0. The van der Waals surface area contributed by atoms with Crippen molar-refractivity contribution in [1.82, 2.24) is 10.6 Å². The number of amides is 2. The highest BCUT2D eigenvalue weighted by Crippen LogP contribution is 2.12. The van der Waals surface area contributed by atoms with Crippen molar-refractivity contribution in [3.05, 3.63) is 0 Å². The van der Waals surface area contributed by atoms with Crippen molar-refractivity contribution >= 4 is 23.5 Å². The molecular formula is C23H48N8O2. The van der Waals surface area contributed by atoms with Crippen LogP contribution in [0.2, 0.25) is 0 Å². The summed E-state index contributed by atoms with van der Waals surface area (Å²) in [6, 6.07) is 0. The highest BCUT2D eigenvalue weighted by Gasteiger charge is 2.28. The molecule has 0 aromatic rings. The Morgan fingerprint density at radius 1 is 0.667 bits per heavy atom. The van der Waals surface area contributed by atoms with E-state index in [9.17, 15) is 9.59 Å². The smallest absolute Gasteiger partial charge is 0.239 e. The summed E-state index contributed by atoms with van der Waals surface area (Å²) in [5.74, 6) is 0.861. The molecule has 2 atom stereocenters. The molecule has 0 radical (unpaired) electrons. The first kappa shape index (κ1) is 30.8. The molecule has 0 aliphatic heterocycles. The summed E-state index contributed by atoms with van der Waals surface area (Å²) in [5, 5.41) is 5.82. The number of amidine groups is 2. The number of hydrogen-bond acceptors (Lipinski definition) is 6. The zero-order valence-electron chi connectivity index (χ0n) is 21.2. The van der Waals surface area contributed by atoms with E-state index in [0.29, 0.717) is 50.7 Å². The molecule has 0 aromatic heterocycles. The molecule has 0 saturated heterocycles. The Hall–Kier alpha value is -2.20. The number of hydrogen-bond donors (Lipinski definition) is 6. The molecule has 10 heteroatoms. The van der Waals surface area contributed by atoms with E-state index >= 15 is 0 Å². The summed E-state index contributed by atoms with van der Waals surface area (Å²) in [6.45, 7) is 9.47. The maximum absolute atomic E-state index is 12.3. The van der Waals surface area contributed by atoms with Gasteiger partial charge in [-0.25, -0.2) is 0 Å². The Balaban J connectivity index is 3.91. The van der Waals surface area contributed by atoms with Gasteiger partial charge in [0, 0.05) is 26.2 Å². The Kier molecular flexibility index (Phi) is 15.3. The molecule has 2 unspecified atom stereocenters. The molecule has 33 heavy (non-hydrogen) atoms. The Morgan fingerprint density at radius 3 is 1.36 bits per heavy atom. The lowest BCUT2D eigenvalue weighted by Crippen LogP contribution is -2.52. The monoisotopic (exact) mass is 468 g/mol. The van der Waals surface area contributed by atoms with Gasteiger partial charge in [-0.2, -0.15) is 0 Å². The van der Waals surface area contributed by atoms with Gasteiger partial charge in [-0.05, 0) is 85.5 Å². The van der Waals surface area contributed by atoms with Crippen LogP contribution in [0.1, 0.15) is 85.5 Å². The van der Waals surface area contributed by atoms with E-state index in [2.05, 4.69) is 20.6 Å². The van der Waals surface area contributed by atoms with E-state index in [1.165, 1.54) is 0 Å². The number of nitrogens with one attached hydrogen (secondary N) is 2. The molecule has 0 aliphatic carbocycles. The Bertz CT molecular complexity index is 582. The zero-order valence-corrected chi connectivity index (χ0v) is 21.2. The molecule has 0 aliphatic rings. The van der Waals surface area contributed by atoms with Crippen molar-refractivity contribution in [2.75, 3.05) is 26.2 Å². The van der Waals surface area contributed by atoms with Crippen molar-refractivity contribution < 1.29 is 9.59 Å². The minimum Gasteiger partial charge on any atom is -0.388 e. The number of carbonyl (C=O) groups excluding carboxylic acids is 2. The standard InChI is InChI=1S/C23H48N8O2/c1-18(24)28-14-10-6-12-22(3,26)20(32)30-16-8-5-9-17-31-21(33)23(4,27)13-7-11-15-29-19(2)25/h5-17,26-27H2,1-4H3,(H2,24,28)(H2,25,29)(H,30,32)(H,31,33). The minimum absolute atomic E-state index is 0.138. The van der Waals surface area contributed by atoms with Crippen LogP contribution in [0.25, 0.3) is 0 Å². The van der Waals surface area contributed by atoms with Gasteiger partial charge in [0.05, 0.1) is 22.7 Å². The fraction of sp³-hybridized carbons (Fsp3) is 0.826. The average molecular weight is 469 g/mol. The van der Waals surface area contributed by atoms with Crippen LogP contribution in [0.5, 0.6) is 0 Å². The number of unbranched alkanes of at least 4 members (excludes halogenated alkanes) is 4. The van der Waals surface area contributed by atoms with Gasteiger partial charge in [0.15, 0.2) is 0 Å². The highest BCUT2D eigenvalue weighted by molar-refractivity contribution is 5.86. The zero-order chi connectivity index (χ0) is 25.3. The van der Waals surface area contributed by atoms with Gasteiger partial charge in [0.1, 0.15) is 0 Å². The summed E-state index contributed by atoms with van der Waals surface area (Å²) in [4.78, 5) is 32.9. The number of nitrogens with zero attached hydrogens (tertiary/aromatic N) is 2. The second-order valence-corrected chi connectivity index (χ2v) is 9.37. The third-order valence-corrected chi connectivity index (χ3v) is 5.39. The molecule has 0 rings (SSSR count). The van der Waals surface area contributed by atoms with Gasteiger partial charge >= 0.3 is 0 Å². The molecule has 0 saturated carbocycles. The lowest BCUT2D eigenvalue weighted by Gasteiger charge is -2.24. The maximum Gasteiger partial charge on any atom is 0.239 e. The number of carbonyl (C=O) groups is 2. The highest BCUT2D eigenvalue weighted by atomic mass is 16.2. The third-order valence-electron chi connectivity index (χ3n) is 5.39. The average Bonchev–Trinajstić information content (AvgIpc) is 2.71. The number of rotatable bonds is 18. The molecule has 0 heterocycles. The van der Waals surface area contributed by atoms with E-state index in [4.69, 9.17) is 22.9 Å². The second-order valence-electron chi connectivity index (χ2n) is 9.37. The first-order valence-corrected chi connectivity index (χ1v) is 12.1. The van der Waals surface area contributed by atoms with Crippen LogP contribution in [0.15, 0.2) is 9.98 Å². The van der Waals surface area contributed by atoms with E-state index in [-0.39, 0.29) is 11.8 Å². The predicted molar refractivity (Wildman–Crippen MR) is 137 cm³/mol. The largest absolute Gasteiger partial charge is 0.388 e. The number of aliphatic imine (C=N–C) groups is 2. The molecule has 0 spiro atoms. The molecule has 0 bridgehead atoms. The van der Waals surface area contributed by atoms with E-state index in [1.54, 1.807) is 27.7 Å². The molecule has 2 amide bonds. The summed E-state index contributed by atoms with van der Waals surface area (Å²) < 4.78 is 0. The number of nitrogens with two attached hydrogens (primary N) is 4. The van der Waals surface area contributed by atoms with E-state index in [0.717, 1.165) is 44.9 Å². The predicted octanol–water partition coefficient (Wildman–Crippen LogP) is 0.919. The summed E-state index contributed by atoms with van der Waals surface area (Å²) in [6.07, 6.45) is 7.07. The first-order chi connectivity index (χ1) is 15.4. The van der Waals surface area contributed by atoms with Crippen molar-refractivity contribution in [2.45, 2.75) is 96.6 Å². The van der Waals surface area contributed by atoms with Crippen LogP contribution in [-0.2, 0) is 9.59 Å². The summed E-state index contributed by atoms with van der Waals surface area (Å²) in [5.41, 5.74) is 21.5. The van der Waals surface area contributed by atoms with Gasteiger partial charge in [-0.3, -0.25) is 19.6 Å². The van der Waals surface area contributed by atoms with Crippen LogP contribution in [0, 0.1) is 0 Å². The van der Waals surface area contributed by atoms with Crippen LogP contribution >= 0.6 is 0 Å². The van der Waals surface area contributed by atoms with Crippen molar-refractivity contribution in [1.29, 1.82) is 0 Å². The molecule has 192 valence electrons. The quantitative estimate of drug-likeness (QED) is 0.0985. The molecule has 0 aromatic carbocycles. The lowest BCUT2D eigenvalue weighted by molar-refractivity contribution is -0.126. The molecule has 10 N–H and O–H groups in total.